The molecule has 1 aromatic rings. The number of halogens is 1. The van der Waals surface area contributed by atoms with E-state index in [0.717, 1.165) is 0 Å². The van der Waals surface area contributed by atoms with Gasteiger partial charge in [-0.1, -0.05) is 17.7 Å². The summed E-state index contributed by atoms with van der Waals surface area (Å²) in [5, 5.41) is 2.87. The highest BCUT2D eigenvalue weighted by Crippen LogP contribution is 2.10. The molecule has 0 saturated heterocycles. The second-order valence-corrected chi connectivity index (χ2v) is 1.80. The molecule has 0 fully saturated rings. The van der Waals surface area contributed by atoms with Crippen molar-refractivity contribution in [3.05, 3.63) is 28.3 Å². The number of rotatable bonds is 1. The SMILES string of the molecule is O=Nc1cccc(Cl)n1. The number of hydrogen-bond donors (Lipinski definition) is 0. The molecule has 0 amide bonds. The van der Waals surface area contributed by atoms with Crippen molar-refractivity contribution in [3.63, 3.8) is 0 Å². The van der Waals surface area contributed by atoms with E-state index in [4.69, 9.17) is 11.6 Å². The summed E-state index contributed by atoms with van der Waals surface area (Å²) in [7, 11) is 0. The van der Waals surface area contributed by atoms with Crippen LogP contribution in [0.1, 0.15) is 0 Å². The molecule has 3 nitrogen and oxygen atoms in total. The minimum absolute atomic E-state index is 0.113. The average molecular weight is 143 g/mol. The number of nitroso groups, excluding NO2 is 1. The maximum absolute atomic E-state index is 9.79. The predicted molar refractivity (Wildman–Crippen MR) is 34.7 cm³/mol. The van der Waals surface area contributed by atoms with Crippen molar-refractivity contribution < 1.29 is 0 Å². The molecule has 0 aliphatic heterocycles. The Bertz CT molecular complexity index is 226. The molecule has 4 heteroatoms. The molecule has 0 saturated carbocycles. The van der Waals surface area contributed by atoms with Gasteiger partial charge in [0.05, 0.1) is 0 Å². The Balaban J connectivity index is 3.07. The lowest BCUT2D eigenvalue weighted by molar-refractivity contribution is 1.27. The first kappa shape index (κ1) is 6.16. The molecule has 1 aromatic heterocycles. The fraction of sp³-hybridized carbons (Fsp3) is 0. The van der Waals surface area contributed by atoms with E-state index in [1.807, 2.05) is 0 Å². The Morgan fingerprint density at radius 3 is 2.78 bits per heavy atom. The molecule has 0 radical (unpaired) electrons. The van der Waals surface area contributed by atoms with E-state index in [-0.39, 0.29) is 11.0 Å². The van der Waals surface area contributed by atoms with Crippen molar-refractivity contribution in [3.8, 4) is 0 Å². The molecule has 1 heterocycles. The monoisotopic (exact) mass is 142 g/mol. The summed E-state index contributed by atoms with van der Waals surface area (Å²) in [4.78, 5) is 13.4. The van der Waals surface area contributed by atoms with Crippen molar-refractivity contribution in [2.24, 2.45) is 5.18 Å². The first-order chi connectivity index (χ1) is 4.33. The van der Waals surface area contributed by atoms with E-state index in [2.05, 4.69) is 10.2 Å². The lowest BCUT2D eigenvalue weighted by atomic mass is 10.5. The third-order valence-corrected chi connectivity index (χ3v) is 1.00. The van der Waals surface area contributed by atoms with Gasteiger partial charge in [0.15, 0.2) is 5.82 Å². The standard InChI is InChI=1S/C5H3ClN2O/c6-4-2-1-3-5(7-4)8-9/h1-3H. The molecule has 0 spiro atoms. The van der Waals surface area contributed by atoms with Crippen LogP contribution in [0.3, 0.4) is 0 Å². The normalized spacial score (nSPS) is 9.00. The van der Waals surface area contributed by atoms with Gasteiger partial charge in [0.1, 0.15) is 5.15 Å². The van der Waals surface area contributed by atoms with Gasteiger partial charge in [0, 0.05) is 0 Å². The van der Waals surface area contributed by atoms with Gasteiger partial charge in [-0.05, 0) is 17.3 Å². The van der Waals surface area contributed by atoms with Gasteiger partial charge in [0.25, 0.3) is 0 Å². The molecule has 0 atom stereocenters. The molecule has 0 aliphatic carbocycles. The summed E-state index contributed by atoms with van der Waals surface area (Å²) in [6.45, 7) is 0. The quantitative estimate of drug-likeness (QED) is 0.445. The van der Waals surface area contributed by atoms with E-state index in [1.54, 1.807) is 12.1 Å². The highest BCUT2D eigenvalue weighted by molar-refractivity contribution is 6.29. The van der Waals surface area contributed by atoms with E-state index in [9.17, 15) is 4.91 Å². The number of hydrogen-bond acceptors (Lipinski definition) is 3. The lowest BCUT2D eigenvalue weighted by Gasteiger charge is -1.85. The number of pyridine rings is 1. The summed E-state index contributed by atoms with van der Waals surface area (Å²) in [6, 6.07) is 4.68. The fourth-order valence-electron chi connectivity index (χ4n) is 0.448. The summed E-state index contributed by atoms with van der Waals surface area (Å²) in [5.41, 5.74) is 0. The van der Waals surface area contributed by atoms with Crippen molar-refractivity contribution in [1.29, 1.82) is 0 Å². The van der Waals surface area contributed by atoms with Crippen LogP contribution in [0.5, 0.6) is 0 Å². The zero-order valence-electron chi connectivity index (χ0n) is 4.41. The first-order valence-corrected chi connectivity index (χ1v) is 2.66. The summed E-state index contributed by atoms with van der Waals surface area (Å²) in [5.74, 6) is 0.113. The second kappa shape index (κ2) is 2.55. The lowest BCUT2D eigenvalue weighted by Crippen LogP contribution is -1.71. The van der Waals surface area contributed by atoms with Gasteiger partial charge in [-0.2, -0.15) is 0 Å². The van der Waals surface area contributed by atoms with E-state index in [0.29, 0.717) is 0 Å². The molecule has 1 rings (SSSR count). The van der Waals surface area contributed by atoms with Gasteiger partial charge in [0.2, 0.25) is 0 Å². The van der Waals surface area contributed by atoms with Crippen molar-refractivity contribution in [2.75, 3.05) is 0 Å². The van der Waals surface area contributed by atoms with Crippen molar-refractivity contribution in [2.45, 2.75) is 0 Å². The van der Waals surface area contributed by atoms with Crippen molar-refractivity contribution in [1.82, 2.24) is 4.98 Å². The Morgan fingerprint density at radius 2 is 2.33 bits per heavy atom. The highest BCUT2D eigenvalue weighted by Gasteiger charge is 1.90. The smallest absolute Gasteiger partial charge is 0.197 e. The number of nitrogens with zero attached hydrogens (tertiary/aromatic N) is 2. The maximum atomic E-state index is 9.79. The van der Waals surface area contributed by atoms with Gasteiger partial charge < -0.3 is 0 Å². The largest absolute Gasteiger partial charge is 0.214 e. The molecule has 46 valence electrons. The molecule has 0 bridgehead atoms. The van der Waals surface area contributed by atoms with Crippen LogP contribution in [0.4, 0.5) is 5.82 Å². The second-order valence-electron chi connectivity index (χ2n) is 1.41. The third kappa shape index (κ3) is 1.47. The Kier molecular flexibility index (Phi) is 1.75. The predicted octanol–water partition coefficient (Wildman–Crippen LogP) is 2.13. The van der Waals surface area contributed by atoms with Crippen molar-refractivity contribution >= 4 is 17.4 Å². The zero-order chi connectivity index (χ0) is 6.69. The zero-order valence-corrected chi connectivity index (χ0v) is 5.17. The molecule has 0 aromatic carbocycles. The Morgan fingerprint density at radius 1 is 1.56 bits per heavy atom. The van der Waals surface area contributed by atoms with Crippen LogP contribution in [0, 0.1) is 4.91 Å². The highest BCUT2D eigenvalue weighted by atomic mass is 35.5. The fourth-order valence-corrected chi connectivity index (χ4v) is 0.608. The van der Waals surface area contributed by atoms with E-state index < -0.39 is 0 Å². The van der Waals surface area contributed by atoms with Gasteiger partial charge in [-0.25, -0.2) is 4.98 Å². The number of aromatic nitrogens is 1. The molecule has 0 unspecified atom stereocenters. The van der Waals surface area contributed by atoms with Crippen LogP contribution < -0.4 is 0 Å². The minimum Gasteiger partial charge on any atom is -0.214 e. The van der Waals surface area contributed by atoms with Gasteiger partial charge in [-0.3, -0.25) is 0 Å². The average Bonchev–Trinajstić information content (AvgIpc) is 1.88. The van der Waals surface area contributed by atoms with E-state index in [1.165, 1.54) is 6.07 Å². The van der Waals surface area contributed by atoms with Crippen LogP contribution >= 0.6 is 11.6 Å². The molecule has 9 heavy (non-hydrogen) atoms. The van der Waals surface area contributed by atoms with Crippen LogP contribution in [0.2, 0.25) is 5.15 Å². The summed E-state index contributed by atoms with van der Waals surface area (Å²) < 4.78 is 0. The molecular weight excluding hydrogens is 140 g/mol. The first-order valence-electron chi connectivity index (χ1n) is 2.29. The minimum atomic E-state index is 0.113. The van der Waals surface area contributed by atoms with Gasteiger partial charge >= 0.3 is 0 Å². The topological polar surface area (TPSA) is 42.3 Å². The van der Waals surface area contributed by atoms with Crippen LogP contribution in [0.25, 0.3) is 0 Å². The van der Waals surface area contributed by atoms with E-state index >= 15 is 0 Å². The maximum Gasteiger partial charge on any atom is 0.197 e. The molecule has 0 N–H and O–H groups in total. The third-order valence-electron chi connectivity index (χ3n) is 0.794. The Labute approximate surface area is 56.6 Å². The van der Waals surface area contributed by atoms with Gasteiger partial charge in [-0.15, -0.1) is 4.91 Å². The molecular formula is C5H3ClN2O. The summed E-state index contributed by atoms with van der Waals surface area (Å²) in [6.07, 6.45) is 0. The van der Waals surface area contributed by atoms with Crippen LogP contribution in [-0.4, -0.2) is 4.98 Å². The van der Waals surface area contributed by atoms with Crippen LogP contribution in [0.15, 0.2) is 23.4 Å². The summed E-state index contributed by atoms with van der Waals surface area (Å²) >= 11 is 5.41. The van der Waals surface area contributed by atoms with Crippen LogP contribution in [-0.2, 0) is 0 Å². The molecule has 0 aliphatic rings. The Hall–Kier alpha value is -0.960.